The number of halogens is 1. The zero-order valence-corrected chi connectivity index (χ0v) is 11.2. The number of aliphatic carboxylic acids is 1. The first-order chi connectivity index (χ1) is 8.95. The van der Waals surface area contributed by atoms with Crippen LogP contribution in [0.3, 0.4) is 0 Å². The highest BCUT2D eigenvalue weighted by molar-refractivity contribution is 6.28. The third-order valence-corrected chi connectivity index (χ3v) is 3.25. The smallest absolute Gasteiger partial charge is 0.303 e. The fourth-order valence-corrected chi connectivity index (χ4v) is 2.46. The molecule has 0 aliphatic carbocycles. The molecular formula is C12H14ClN3O3. The van der Waals surface area contributed by atoms with E-state index in [1.54, 1.807) is 17.9 Å². The Bertz CT molecular complexity index is 501. The van der Waals surface area contributed by atoms with Gasteiger partial charge in [-0.15, -0.1) is 0 Å². The second-order valence-electron chi connectivity index (χ2n) is 4.67. The van der Waals surface area contributed by atoms with Gasteiger partial charge in [0.05, 0.1) is 0 Å². The Balaban J connectivity index is 2.06. The molecule has 1 aliphatic rings. The molecule has 1 fully saturated rings. The van der Waals surface area contributed by atoms with Crippen molar-refractivity contribution >= 4 is 23.5 Å². The van der Waals surface area contributed by atoms with Crippen LogP contribution in [-0.2, 0) is 4.79 Å². The minimum Gasteiger partial charge on any atom is -0.481 e. The van der Waals surface area contributed by atoms with E-state index >= 15 is 0 Å². The number of likely N-dealkylation sites (tertiary alicyclic amines) is 1. The summed E-state index contributed by atoms with van der Waals surface area (Å²) < 4.78 is 0. The Morgan fingerprint density at radius 1 is 1.53 bits per heavy atom. The second kappa shape index (κ2) is 5.52. The van der Waals surface area contributed by atoms with Gasteiger partial charge in [-0.3, -0.25) is 9.59 Å². The first-order valence-electron chi connectivity index (χ1n) is 5.98. The molecular weight excluding hydrogens is 270 g/mol. The summed E-state index contributed by atoms with van der Waals surface area (Å²) in [6, 6.07) is 1.58. The van der Waals surface area contributed by atoms with Crippen molar-refractivity contribution in [2.24, 2.45) is 5.92 Å². The Hall–Kier alpha value is -1.69. The van der Waals surface area contributed by atoms with Crippen LogP contribution < -0.4 is 0 Å². The van der Waals surface area contributed by atoms with Crippen molar-refractivity contribution in [1.29, 1.82) is 0 Å². The number of aryl methyl sites for hydroxylation is 1. The van der Waals surface area contributed by atoms with Gasteiger partial charge in [0.15, 0.2) is 0 Å². The van der Waals surface area contributed by atoms with Gasteiger partial charge in [-0.25, -0.2) is 9.97 Å². The number of aromatic nitrogens is 2. The summed E-state index contributed by atoms with van der Waals surface area (Å²) in [7, 11) is 0. The van der Waals surface area contributed by atoms with Crippen LogP contribution in [0, 0.1) is 12.8 Å². The number of amides is 1. The van der Waals surface area contributed by atoms with Crippen molar-refractivity contribution in [2.75, 3.05) is 13.1 Å². The normalized spacial score (nSPS) is 18.6. The van der Waals surface area contributed by atoms with Gasteiger partial charge < -0.3 is 10.0 Å². The molecule has 1 aliphatic heterocycles. The predicted molar refractivity (Wildman–Crippen MR) is 68.0 cm³/mol. The number of nitrogens with zero attached hydrogens (tertiary/aromatic N) is 3. The first kappa shape index (κ1) is 13.7. The minimum atomic E-state index is -0.833. The lowest BCUT2D eigenvalue weighted by Gasteiger charge is -2.15. The lowest BCUT2D eigenvalue weighted by molar-refractivity contribution is -0.138. The summed E-state index contributed by atoms with van der Waals surface area (Å²) >= 11 is 5.73. The van der Waals surface area contributed by atoms with Gasteiger partial charge in [0.1, 0.15) is 5.69 Å². The Labute approximate surface area is 115 Å². The SMILES string of the molecule is Cc1cc(C(=O)N2CCC(CC(=O)O)C2)nc(Cl)n1. The molecule has 1 atom stereocenters. The predicted octanol–water partition coefficient (Wildman–Crippen LogP) is 1.38. The molecule has 0 spiro atoms. The van der Waals surface area contributed by atoms with Crippen LogP contribution in [0.5, 0.6) is 0 Å². The quantitative estimate of drug-likeness (QED) is 0.847. The van der Waals surface area contributed by atoms with Crippen molar-refractivity contribution in [3.05, 3.63) is 22.7 Å². The molecule has 0 saturated carbocycles. The average molecular weight is 284 g/mol. The van der Waals surface area contributed by atoms with E-state index in [4.69, 9.17) is 16.7 Å². The van der Waals surface area contributed by atoms with Crippen LogP contribution in [-0.4, -0.2) is 44.9 Å². The summed E-state index contributed by atoms with van der Waals surface area (Å²) in [4.78, 5) is 32.3. The molecule has 1 saturated heterocycles. The standard InChI is InChI=1S/C12H14ClN3O3/c1-7-4-9(15-12(13)14-7)11(19)16-3-2-8(6-16)5-10(17)18/h4,8H,2-3,5-6H2,1H3,(H,17,18). The molecule has 6 nitrogen and oxygen atoms in total. The lowest BCUT2D eigenvalue weighted by atomic mass is 10.1. The van der Waals surface area contributed by atoms with Crippen molar-refractivity contribution in [3.63, 3.8) is 0 Å². The number of carboxylic acids is 1. The van der Waals surface area contributed by atoms with E-state index in [-0.39, 0.29) is 29.2 Å². The Morgan fingerprint density at radius 3 is 2.89 bits per heavy atom. The maximum Gasteiger partial charge on any atom is 0.303 e. The summed E-state index contributed by atoms with van der Waals surface area (Å²) in [5, 5.41) is 8.79. The molecule has 1 N–H and O–H groups in total. The molecule has 1 unspecified atom stereocenters. The molecule has 2 rings (SSSR count). The number of hydrogen-bond donors (Lipinski definition) is 1. The van der Waals surface area contributed by atoms with E-state index in [0.717, 1.165) is 0 Å². The van der Waals surface area contributed by atoms with E-state index in [0.29, 0.717) is 25.2 Å². The topological polar surface area (TPSA) is 83.4 Å². The average Bonchev–Trinajstić information content (AvgIpc) is 2.74. The van der Waals surface area contributed by atoms with Gasteiger partial charge >= 0.3 is 5.97 Å². The van der Waals surface area contributed by atoms with Gasteiger partial charge in [-0.2, -0.15) is 0 Å². The minimum absolute atomic E-state index is 0.0138. The van der Waals surface area contributed by atoms with Crippen LogP contribution in [0.15, 0.2) is 6.07 Å². The van der Waals surface area contributed by atoms with Gasteiger partial charge in [0.25, 0.3) is 5.91 Å². The number of carbonyl (C=O) groups excluding carboxylic acids is 1. The molecule has 1 aromatic heterocycles. The Morgan fingerprint density at radius 2 is 2.26 bits per heavy atom. The number of carbonyl (C=O) groups is 2. The fraction of sp³-hybridized carbons (Fsp3) is 0.500. The van der Waals surface area contributed by atoms with Gasteiger partial charge in [-0.05, 0) is 36.9 Å². The van der Waals surface area contributed by atoms with E-state index in [1.807, 2.05) is 0 Å². The van der Waals surface area contributed by atoms with Crippen molar-refractivity contribution in [3.8, 4) is 0 Å². The van der Waals surface area contributed by atoms with Gasteiger partial charge in [0.2, 0.25) is 5.28 Å². The lowest BCUT2D eigenvalue weighted by Crippen LogP contribution is -2.30. The molecule has 19 heavy (non-hydrogen) atoms. The van der Waals surface area contributed by atoms with E-state index < -0.39 is 5.97 Å². The highest BCUT2D eigenvalue weighted by Crippen LogP contribution is 2.21. The fourth-order valence-electron chi connectivity index (χ4n) is 2.23. The number of carboxylic acid groups (broad SMARTS) is 1. The number of hydrogen-bond acceptors (Lipinski definition) is 4. The van der Waals surface area contributed by atoms with Crippen molar-refractivity contribution < 1.29 is 14.7 Å². The highest BCUT2D eigenvalue weighted by Gasteiger charge is 2.29. The molecule has 0 radical (unpaired) electrons. The van der Waals surface area contributed by atoms with Gasteiger partial charge in [-0.1, -0.05) is 0 Å². The van der Waals surface area contributed by atoms with Crippen molar-refractivity contribution in [2.45, 2.75) is 19.8 Å². The summed E-state index contributed by atoms with van der Waals surface area (Å²) in [5.74, 6) is -1.04. The van der Waals surface area contributed by atoms with Crippen LogP contribution in [0.1, 0.15) is 29.0 Å². The van der Waals surface area contributed by atoms with Crippen LogP contribution in [0.2, 0.25) is 5.28 Å². The molecule has 1 aromatic rings. The summed E-state index contributed by atoms with van der Waals surface area (Å²) in [6.45, 7) is 2.74. The maximum absolute atomic E-state index is 12.2. The van der Waals surface area contributed by atoms with E-state index in [2.05, 4.69) is 9.97 Å². The van der Waals surface area contributed by atoms with E-state index in [1.165, 1.54) is 0 Å². The summed E-state index contributed by atoms with van der Waals surface area (Å²) in [6.07, 6.45) is 0.795. The monoisotopic (exact) mass is 283 g/mol. The highest BCUT2D eigenvalue weighted by atomic mass is 35.5. The third-order valence-electron chi connectivity index (χ3n) is 3.08. The number of rotatable bonds is 3. The molecule has 7 heteroatoms. The van der Waals surface area contributed by atoms with Crippen LogP contribution in [0.25, 0.3) is 0 Å². The van der Waals surface area contributed by atoms with Crippen LogP contribution in [0.4, 0.5) is 0 Å². The Kier molecular flexibility index (Phi) is 3.99. The van der Waals surface area contributed by atoms with Crippen molar-refractivity contribution in [1.82, 2.24) is 14.9 Å². The largest absolute Gasteiger partial charge is 0.481 e. The molecule has 0 bridgehead atoms. The second-order valence-corrected chi connectivity index (χ2v) is 5.01. The molecule has 2 heterocycles. The maximum atomic E-state index is 12.2. The first-order valence-corrected chi connectivity index (χ1v) is 6.35. The van der Waals surface area contributed by atoms with Gasteiger partial charge in [0, 0.05) is 25.2 Å². The molecule has 0 aromatic carbocycles. The van der Waals surface area contributed by atoms with Crippen LogP contribution >= 0.6 is 11.6 Å². The summed E-state index contributed by atoms with van der Waals surface area (Å²) in [5.41, 5.74) is 0.887. The zero-order valence-electron chi connectivity index (χ0n) is 10.5. The van der Waals surface area contributed by atoms with E-state index in [9.17, 15) is 9.59 Å². The zero-order chi connectivity index (χ0) is 14.0. The molecule has 102 valence electrons. The third kappa shape index (κ3) is 3.41. The molecule has 1 amide bonds.